The number of imidazole rings is 1. The molecule has 0 saturated heterocycles. The Labute approximate surface area is 140 Å². The molecule has 0 atom stereocenters. The van der Waals surface area contributed by atoms with Crippen molar-refractivity contribution >= 4 is 45.1 Å². The second-order valence-electron chi connectivity index (χ2n) is 4.67. The van der Waals surface area contributed by atoms with Gasteiger partial charge in [-0.1, -0.05) is 18.2 Å². The van der Waals surface area contributed by atoms with Crippen molar-refractivity contribution in [1.82, 2.24) is 4.57 Å². The van der Waals surface area contributed by atoms with Crippen molar-refractivity contribution in [3.63, 3.8) is 0 Å². The first-order valence-electron chi connectivity index (χ1n) is 6.44. The van der Waals surface area contributed by atoms with E-state index in [4.69, 9.17) is 0 Å². The van der Waals surface area contributed by atoms with Crippen molar-refractivity contribution in [3.05, 3.63) is 52.5 Å². The van der Waals surface area contributed by atoms with Crippen LogP contribution in [0.4, 0.5) is 8.78 Å². The SMILES string of the molecule is Br.Cc1n(C(F)F)c2ccccc2[n+]1CC(=O)c1cccs1. The molecular weight excluding hydrogens is 374 g/mol. The maximum atomic E-state index is 13.2. The zero-order valence-corrected chi connectivity index (χ0v) is 14.2. The molecule has 116 valence electrons. The van der Waals surface area contributed by atoms with Crippen LogP contribution in [0.25, 0.3) is 11.0 Å². The number of carbonyl (C=O) groups excluding carboxylic acids is 1. The number of nitrogens with zero attached hydrogens (tertiary/aromatic N) is 2. The van der Waals surface area contributed by atoms with Gasteiger partial charge in [-0.2, -0.15) is 13.3 Å². The molecule has 2 aromatic heterocycles. The first-order chi connectivity index (χ1) is 10.1. The fraction of sp³-hybridized carbons (Fsp3) is 0.200. The highest BCUT2D eigenvalue weighted by Gasteiger charge is 2.28. The van der Waals surface area contributed by atoms with Gasteiger partial charge in [0.2, 0.25) is 5.78 Å². The second-order valence-corrected chi connectivity index (χ2v) is 5.62. The number of Topliss-reactive ketones (excluding diaryl/α,β-unsaturated/α-hetero) is 1. The van der Waals surface area contributed by atoms with Crippen molar-refractivity contribution in [1.29, 1.82) is 0 Å². The summed E-state index contributed by atoms with van der Waals surface area (Å²) in [6, 6.07) is 10.4. The molecule has 0 saturated carbocycles. The molecule has 3 aromatic rings. The molecule has 2 heterocycles. The van der Waals surface area contributed by atoms with E-state index in [-0.39, 0.29) is 29.3 Å². The molecule has 0 aliphatic carbocycles. The highest BCUT2D eigenvalue weighted by molar-refractivity contribution is 8.93. The molecule has 7 heteroatoms. The number of aromatic nitrogens is 2. The normalized spacial score (nSPS) is 10.9. The lowest BCUT2D eigenvalue weighted by molar-refractivity contribution is -0.664. The lowest BCUT2D eigenvalue weighted by Gasteiger charge is -1.99. The highest BCUT2D eigenvalue weighted by Crippen LogP contribution is 2.21. The Balaban J connectivity index is 0.00000176. The van der Waals surface area contributed by atoms with Gasteiger partial charge in [0.15, 0.2) is 17.6 Å². The van der Waals surface area contributed by atoms with Crippen LogP contribution in [0.3, 0.4) is 0 Å². The number of hydrogen-bond acceptors (Lipinski definition) is 2. The van der Waals surface area contributed by atoms with Gasteiger partial charge in [-0.05, 0) is 23.6 Å². The molecule has 3 rings (SSSR count). The number of thiophene rings is 1. The first kappa shape index (κ1) is 16.8. The van der Waals surface area contributed by atoms with Crippen LogP contribution < -0.4 is 4.57 Å². The van der Waals surface area contributed by atoms with E-state index in [1.807, 2.05) is 5.38 Å². The maximum Gasteiger partial charge on any atom is 0.387 e. The van der Waals surface area contributed by atoms with Crippen LogP contribution in [-0.2, 0) is 6.54 Å². The summed E-state index contributed by atoms with van der Waals surface area (Å²) in [6.45, 7) is -0.964. The largest absolute Gasteiger partial charge is 0.387 e. The predicted octanol–water partition coefficient (Wildman–Crippen LogP) is 4.15. The zero-order chi connectivity index (χ0) is 15.0. The van der Waals surface area contributed by atoms with E-state index in [0.717, 1.165) is 4.57 Å². The molecule has 0 radical (unpaired) electrons. The molecular formula is C15H14BrF2N2OS+. The van der Waals surface area contributed by atoms with E-state index in [1.54, 1.807) is 47.9 Å². The second kappa shape index (κ2) is 6.66. The number of fused-ring (bicyclic) bond motifs is 1. The molecule has 0 spiro atoms. The zero-order valence-electron chi connectivity index (χ0n) is 11.7. The number of para-hydroxylation sites is 2. The van der Waals surface area contributed by atoms with E-state index >= 15 is 0 Å². The fourth-order valence-corrected chi connectivity index (χ4v) is 3.14. The van der Waals surface area contributed by atoms with Crippen LogP contribution in [0.1, 0.15) is 22.0 Å². The van der Waals surface area contributed by atoms with Gasteiger partial charge in [0.1, 0.15) is 0 Å². The predicted molar refractivity (Wildman–Crippen MR) is 87.1 cm³/mol. The molecule has 0 aliphatic heterocycles. The summed E-state index contributed by atoms with van der Waals surface area (Å²) in [5.41, 5.74) is 1.07. The highest BCUT2D eigenvalue weighted by atomic mass is 79.9. The Morgan fingerprint density at radius 3 is 2.64 bits per heavy atom. The third kappa shape index (κ3) is 2.83. The van der Waals surface area contributed by atoms with E-state index in [1.165, 1.54) is 11.3 Å². The van der Waals surface area contributed by atoms with Gasteiger partial charge < -0.3 is 0 Å². The molecule has 0 aliphatic rings. The van der Waals surface area contributed by atoms with Crippen LogP contribution in [0.2, 0.25) is 0 Å². The number of halogens is 3. The van der Waals surface area contributed by atoms with Crippen LogP contribution in [0.15, 0.2) is 41.8 Å². The Morgan fingerprint density at radius 2 is 2.00 bits per heavy atom. The van der Waals surface area contributed by atoms with Crippen LogP contribution in [-0.4, -0.2) is 10.4 Å². The Kier molecular flexibility index (Phi) is 5.08. The number of alkyl halides is 2. The third-order valence-electron chi connectivity index (χ3n) is 3.46. The number of hydrogen-bond donors (Lipinski definition) is 0. The molecule has 22 heavy (non-hydrogen) atoms. The van der Waals surface area contributed by atoms with Gasteiger partial charge in [0.25, 0.3) is 5.82 Å². The first-order valence-corrected chi connectivity index (χ1v) is 7.32. The summed E-state index contributed by atoms with van der Waals surface area (Å²) in [5.74, 6) is 0.298. The van der Waals surface area contributed by atoms with Crippen LogP contribution >= 0.6 is 28.3 Å². The van der Waals surface area contributed by atoms with Crippen molar-refractivity contribution in [2.75, 3.05) is 0 Å². The summed E-state index contributed by atoms with van der Waals surface area (Å²) >= 11 is 1.36. The van der Waals surface area contributed by atoms with E-state index in [9.17, 15) is 13.6 Å². The molecule has 3 nitrogen and oxygen atoms in total. The maximum absolute atomic E-state index is 13.2. The summed E-state index contributed by atoms with van der Waals surface area (Å²) in [5, 5.41) is 1.83. The quantitative estimate of drug-likeness (QED) is 0.487. The van der Waals surface area contributed by atoms with Gasteiger partial charge in [-0.3, -0.25) is 4.79 Å². The number of rotatable bonds is 4. The van der Waals surface area contributed by atoms with Crippen molar-refractivity contribution in [3.8, 4) is 0 Å². The average Bonchev–Trinajstić information content (AvgIpc) is 3.06. The fourth-order valence-electron chi connectivity index (χ4n) is 2.48. The van der Waals surface area contributed by atoms with Gasteiger partial charge >= 0.3 is 6.55 Å². The molecule has 1 aromatic carbocycles. The molecule has 0 N–H and O–H groups in total. The Morgan fingerprint density at radius 1 is 1.27 bits per heavy atom. The summed E-state index contributed by atoms with van der Waals surface area (Å²) in [6.07, 6.45) is 0. The van der Waals surface area contributed by atoms with Crippen LogP contribution in [0, 0.1) is 6.92 Å². The Bertz CT molecular complexity index is 799. The lowest BCUT2D eigenvalue weighted by Crippen LogP contribution is -2.40. The molecule has 0 fully saturated rings. The van der Waals surface area contributed by atoms with Crippen molar-refractivity contribution in [2.45, 2.75) is 20.0 Å². The minimum atomic E-state index is -2.63. The van der Waals surface area contributed by atoms with Gasteiger partial charge in [0, 0.05) is 6.92 Å². The molecule has 0 amide bonds. The summed E-state index contributed by atoms with van der Waals surface area (Å²) < 4.78 is 29.1. The minimum Gasteiger partial charge on any atom is -0.289 e. The van der Waals surface area contributed by atoms with E-state index in [0.29, 0.717) is 21.7 Å². The average molecular weight is 388 g/mol. The minimum absolute atomic E-state index is 0. The topological polar surface area (TPSA) is 25.9 Å². The Hall–Kier alpha value is -1.60. The summed E-state index contributed by atoms with van der Waals surface area (Å²) in [7, 11) is 0. The monoisotopic (exact) mass is 387 g/mol. The third-order valence-corrected chi connectivity index (χ3v) is 4.38. The number of ketones is 1. The van der Waals surface area contributed by atoms with Gasteiger partial charge in [-0.15, -0.1) is 28.3 Å². The lowest BCUT2D eigenvalue weighted by atomic mass is 10.3. The van der Waals surface area contributed by atoms with Crippen molar-refractivity contribution in [2.24, 2.45) is 0 Å². The van der Waals surface area contributed by atoms with Gasteiger partial charge in [-0.25, -0.2) is 4.57 Å². The number of benzene rings is 1. The van der Waals surface area contributed by atoms with E-state index < -0.39 is 6.55 Å². The molecule has 0 unspecified atom stereocenters. The van der Waals surface area contributed by atoms with E-state index in [2.05, 4.69) is 0 Å². The molecule has 0 bridgehead atoms. The van der Waals surface area contributed by atoms with Crippen molar-refractivity contribution < 1.29 is 18.1 Å². The van der Waals surface area contributed by atoms with Crippen LogP contribution in [0.5, 0.6) is 0 Å². The number of carbonyl (C=O) groups is 1. The smallest absolute Gasteiger partial charge is 0.289 e. The van der Waals surface area contributed by atoms with Gasteiger partial charge in [0.05, 0.1) is 4.88 Å². The standard InChI is InChI=1S/C15H13F2N2OS.BrH/c1-10-18(9-13(20)14-7-4-8-21-14)11-5-2-3-6-12(11)19(10)15(16)17;/h2-8,15H,9H2,1H3;1H/q+1;. The summed E-state index contributed by atoms with van der Waals surface area (Å²) in [4.78, 5) is 12.9.